The van der Waals surface area contributed by atoms with Gasteiger partial charge in [-0.05, 0) is 38.3 Å². The predicted molar refractivity (Wildman–Crippen MR) is 78.5 cm³/mol. The van der Waals surface area contributed by atoms with Crippen molar-refractivity contribution in [1.29, 1.82) is 0 Å². The number of para-hydroxylation sites is 1. The van der Waals surface area contributed by atoms with Gasteiger partial charge in [0.15, 0.2) is 5.78 Å². The van der Waals surface area contributed by atoms with Crippen LogP contribution in [0.25, 0.3) is 0 Å². The summed E-state index contributed by atoms with van der Waals surface area (Å²) < 4.78 is 0. The summed E-state index contributed by atoms with van der Waals surface area (Å²) in [5, 5.41) is 0. The van der Waals surface area contributed by atoms with E-state index < -0.39 is 0 Å². The van der Waals surface area contributed by atoms with Crippen LogP contribution in [0.2, 0.25) is 0 Å². The molecular formula is C16H21NO2. The van der Waals surface area contributed by atoms with Crippen molar-refractivity contribution in [3.8, 4) is 0 Å². The van der Waals surface area contributed by atoms with Crippen LogP contribution in [0.3, 0.4) is 0 Å². The number of nitrogens with zero attached hydrogens (tertiary/aromatic N) is 1. The molecule has 0 unspecified atom stereocenters. The lowest BCUT2D eigenvalue weighted by atomic mass is 10.0. The average molecular weight is 259 g/mol. The predicted octanol–water partition coefficient (Wildman–Crippen LogP) is 4.05. The first-order valence-corrected chi connectivity index (χ1v) is 6.70. The number of ketones is 1. The van der Waals surface area contributed by atoms with Gasteiger partial charge >= 0.3 is 0 Å². The molecule has 0 aliphatic rings. The highest BCUT2D eigenvalue weighted by molar-refractivity contribution is 6.01. The Balaban J connectivity index is 3.18. The van der Waals surface area contributed by atoms with E-state index in [2.05, 4.69) is 11.9 Å². The third kappa shape index (κ3) is 4.43. The fourth-order valence-electron chi connectivity index (χ4n) is 2.00. The molecule has 102 valence electrons. The molecule has 0 amide bonds. The Bertz CT molecular complexity index is 490. The number of benzene rings is 1. The maximum absolute atomic E-state index is 11.6. The van der Waals surface area contributed by atoms with E-state index in [1.165, 1.54) is 0 Å². The first-order chi connectivity index (χ1) is 9.10. The van der Waals surface area contributed by atoms with Gasteiger partial charge in [-0.25, -0.2) is 0 Å². The van der Waals surface area contributed by atoms with Crippen LogP contribution >= 0.6 is 0 Å². The molecule has 3 heteroatoms. The standard InChI is InChI=1S/C16H21NO2/c1-4-7-14(9-6-11-18)17-16-12(2)8-5-10-15(16)13(3)19/h5,8,10-11H,4,6-7,9H2,1-3H3. The van der Waals surface area contributed by atoms with Gasteiger partial charge in [0, 0.05) is 17.7 Å². The minimum Gasteiger partial charge on any atom is -0.303 e. The Morgan fingerprint density at radius 1 is 1.32 bits per heavy atom. The van der Waals surface area contributed by atoms with Gasteiger partial charge < -0.3 is 4.79 Å². The second-order valence-electron chi connectivity index (χ2n) is 4.66. The summed E-state index contributed by atoms with van der Waals surface area (Å²) in [5.74, 6) is 0.0219. The minimum absolute atomic E-state index is 0.0219. The van der Waals surface area contributed by atoms with Gasteiger partial charge in [0.1, 0.15) is 6.29 Å². The molecule has 0 aliphatic heterocycles. The second-order valence-corrected chi connectivity index (χ2v) is 4.66. The molecule has 0 aromatic heterocycles. The van der Waals surface area contributed by atoms with Crippen molar-refractivity contribution >= 4 is 23.5 Å². The number of aryl methyl sites for hydroxylation is 1. The molecule has 3 nitrogen and oxygen atoms in total. The SMILES string of the molecule is CCCC(CCC=O)=Nc1c(C)cccc1C(C)=O. The quantitative estimate of drug-likeness (QED) is 0.421. The lowest BCUT2D eigenvalue weighted by Crippen LogP contribution is -2.01. The summed E-state index contributed by atoms with van der Waals surface area (Å²) in [5.41, 5.74) is 3.39. The Hall–Kier alpha value is -1.77. The minimum atomic E-state index is 0.0219. The number of rotatable bonds is 7. The van der Waals surface area contributed by atoms with E-state index >= 15 is 0 Å². The van der Waals surface area contributed by atoms with Crippen molar-refractivity contribution in [3.05, 3.63) is 29.3 Å². The van der Waals surface area contributed by atoms with Gasteiger partial charge in [-0.15, -0.1) is 0 Å². The summed E-state index contributed by atoms with van der Waals surface area (Å²) in [4.78, 5) is 26.8. The number of aldehydes is 1. The fourth-order valence-corrected chi connectivity index (χ4v) is 2.00. The van der Waals surface area contributed by atoms with Gasteiger partial charge in [-0.2, -0.15) is 0 Å². The number of hydrogen-bond donors (Lipinski definition) is 0. The molecule has 0 bridgehead atoms. The molecule has 0 saturated heterocycles. The first-order valence-electron chi connectivity index (χ1n) is 6.70. The van der Waals surface area contributed by atoms with E-state index in [0.717, 1.165) is 36.1 Å². The van der Waals surface area contributed by atoms with Gasteiger partial charge in [0.25, 0.3) is 0 Å². The summed E-state index contributed by atoms with van der Waals surface area (Å²) in [7, 11) is 0. The molecule has 1 aromatic carbocycles. The highest BCUT2D eigenvalue weighted by Crippen LogP contribution is 2.25. The molecule has 0 atom stereocenters. The second kappa shape index (κ2) is 7.62. The molecule has 19 heavy (non-hydrogen) atoms. The number of Topliss-reactive ketones (excluding diaryl/α,β-unsaturated/α-hetero) is 1. The van der Waals surface area contributed by atoms with Gasteiger partial charge in [-0.3, -0.25) is 9.79 Å². The number of aliphatic imine (C=N–C) groups is 1. The molecular weight excluding hydrogens is 238 g/mol. The van der Waals surface area contributed by atoms with Gasteiger partial charge in [-0.1, -0.05) is 25.5 Å². The number of hydrogen-bond acceptors (Lipinski definition) is 3. The third-order valence-electron chi connectivity index (χ3n) is 2.98. The molecule has 0 saturated carbocycles. The first kappa shape index (κ1) is 15.3. The van der Waals surface area contributed by atoms with Crippen LogP contribution in [0.15, 0.2) is 23.2 Å². The van der Waals surface area contributed by atoms with Crippen LogP contribution in [0.1, 0.15) is 55.5 Å². The van der Waals surface area contributed by atoms with Crippen molar-refractivity contribution in [1.82, 2.24) is 0 Å². The molecule has 0 spiro atoms. The summed E-state index contributed by atoms with van der Waals surface area (Å²) in [6.07, 6.45) is 3.91. The Morgan fingerprint density at radius 3 is 2.63 bits per heavy atom. The summed E-state index contributed by atoms with van der Waals surface area (Å²) in [6, 6.07) is 5.63. The average Bonchev–Trinajstić information content (AvgIpc) is 2.38. The number of carbonyl (C=O) groups is 2. The zero-order valence-electron chi connectivity index (χ0n) is 11.9. The van der Waals surface area contributed by atoms with E-state index in [9.17, 15) is 9.59 Å². The molecule has 0 fully saturated rings. The molecule has 0 radical (unpaired) electrons. The molecule has 0 aliphatic carbocycles. The van der Waals surface area contributed by atoms with Crippen LogP contribution in [0.5, 0.6) is 0 Å². The lowest BCUT2D eigenvalue weighted by Gasteiger charge is -2.09. The van der Waals surface area contributed by atoms with E-state index in [1.807, 2.05) is 19.1 Å². The lowest BCUT2D eigenvalue weighted by molar-refractivity contribution is -0.107. The van der Waals surface area contributed by atoms with Crippen molar-refractivity contribution in [3.63, 3.8) is 0 Å². The van der Waals surface area contributed by atoms with Crippen molar-refractivity contribution in [2.45, 2.75) is 46.5 Å². The van der Waals surface area contributed by atoms with Crippen molar-refractivity contribution in [2.75, 3.05) is 0 Å². The summed E-state index contributed by atoms with van der Waals surface area (Å²) in [6.45, 7) is 5.59. The molecule has 0 heterocycles. The maximum Gasteiger partial charge on any atom is 0.161 e. The Morgan fingerprint density at radius 2 is 2.05 bits per heavy atom. The zero-order chi connectivity index (χ0) is 14.3. The van der Waals surface area contributed by atoms with Crippen molar-refractivity contribution in [2.24, 2.45) is 4.99 Å². The van der Waals surface area contributed by atoms with E-state index in [4.69, 9.17) is 0 Å². The van der Waals surface area contributed by atoms with Gasteiger partial charge in [0.2, 0.25) is 0 Å². The maximum atomic E-state index is 11.6. The van der Waals surface area contributed by atoms with E-state index in [-0.39, 0.29) is 5.78 Å². The van der Waals surface area contributed by atoms with Gasteiger partial charge in [0.05, 0.1) is 5.69 Å². The highest BCUT2D eigenvalue weighted by atomic mass is 16.1. The third-order valence-corrected chi connectivity index (χ3v) is 2.98. The molecule has 1 aromatic rings. The smallest absolute Gasteiger partial charge is 0.161 e. The van der Waals surface area contributed by atoms with Crippen LogP contribution in [-0.4, -0.2) is 17.8 Å². The van der Waals surface area contributed by atoms with Crippen LogP contribution < -0.4 is 0 Å². The Kier molecular flexibility index (Phi) is 6.13. The molecule has 1 rings (SSSR count). The van der Waals surface area contributed by atoms with Crippen LogP contribution in [-0.2, 0) is 4.79 Å². The van der Waals surface area contributed by atoms with E-state index in [1.54, 1.807) is 13.0 Å². The fraction of sp³-hybridized carbons (Fsp3) is 0.438. The topological polar surface area (TPSA) is 46.5 Å². The van der Waals surface area contributed by atoms with Crippen LogP contribution in [0.4, 0.5) is 5.69 Å². The van der Waals surface area contributed by atoms with Crippen LogP contribution in [0, 0.1) is 6.92 Å². The van der Waals surface area contributed by atoms with Crippen molar-refractivity contribution < 1.29 is 9.59 Å². The number of carbonyl (C=O) groups excluding carboxylic acids is 2. The monoisotopic (exact) mass is 259 g/mol. The van der Waals surface area contributed by atoms with E-state index in [0.29, 0.717) is 18.4 Å². The Labute approximate surface area is 114 Å². The largest absolute Gasteiger partial charge is 0.303 e. The molecule has 0 N–H and O–H groups in total. The highest BCUT2D eigenvalue weighted by Gasteiger charge is 2.10. The zero-order valence-corrected chi connectivity index (χ0v) is 11.9. The summed E-state index contributed by atoms with van der Waals surface area (Å²) >= 11 is 0. The normalized spacial score (nSPS) is 11.4.